The Bertz CT molecular complexity index is 498. The summed E-state index contributed by atoms with van der Waals surface area (Å²) in [5.41, 5.74) is 7.64. The summed E-state index contributed by atoms with van der Waals surface area (Å²) >= 11 is 0. The van der Waals surface area contributed by atoms with Crippen LogP contribution in [0.5, 0.6) is 0 Å². The number of rotatable bonds is 5. The van der Waals surface area contributed by atoms with Crippen LogP contribution in [0.15, 0.2) is 18.2 Å². The minimum Gasteiger partial charge on any atom is -0.398 e. The number of hydrogen-bond donors (Lipinski definition) is 2. The minimum atomic E-state index is -0.200. The van der Waals surface area contributed by atoms with E-state index < -0.39 is 0 Å². The highest BCUT2D eigenvalue weighted by molar-refractivity contribution is 5.98. The summed E-state index contributed by atoms with van der Waals surface area (Å²) in [5, 5.41) is 2.79. The lowest BCUT2D eigenvalue weighted by atomic mass is 10.1. The molecule has 0 spiro atoms. The first kappa shape index (κ1) is 16.0. The quantitative estimate of drug-likeness (QED) is 0.799. The zero-order valence-corrected chi connectivity index (χ0v) is 12.6. The highest BCUT2D eigenvalue weighted by Crippen LogP contribution is 2.16. The molecule has 0 heterocycles. The van der Waals surface area contributed by atoms with Gasteiger partial charge in [0, 0.05) is 24.8 Å². The van der Waals surface area contributed by atoms with Crippen LogP contribution in [0.4, 0.5) is 5.69 Å². The van der Waals surface area contributed by atoms with Gasteiger partial charge in [-0.1, -0.05) is 19.9 Å². The predicted molar refractivity (Wildman–Crippen MR) is 80.4 cm³/mol. The molecule has 0 atom stereocenters. The molecule has 20 heavy (non-hydrogen) atoms. The molecule has 0 aliphatic rings. The topological polar surface area (TPSA) is 75.4 Å². The van der Waals surface area contributed by atoms with Crippen LogP contribution in [-0.2, 0) is 4.79 Å². The smallest absolute Gasteiger partial charge is 0.254 e. The van der Waals surface area contributed by atoms with Gasteiger partial charge in [0.1, 0.15) is 0 Å². The van der Waals surface area contributed by atoms with Crippen molar-refractivity contribution in [3.05, 3.63) is 29.3 Å². The van der Waals surface area contributed by atoms with Gasteiger partial charge in [0.2, 0.25) is 5.91 Å². The number of nitrogens with zero attached hydrogens (tertiary/aromatic N) is 1. The predicted octanol–water partition coefficient (Wildman–Crippen LogP) is 1.42. The van der Waals surface area contributed by atoms with Crippen molar-refractivity contribution in [3.8, 4) is 0 Å². The third-order valence-corrected chi connectivity index (χ3v) is 3.04. The van der Waals surface area contributed by atoms with Crippen molar-refractivity contribution in [1.29, 1.82) is 0 Å². The van der Waals surface area contributed by atoms with Crippen LogP contribution in [0.1, 0.15) is 29.8 Å². The van der Waals surface area contributed by atoms with Crippen molar-refractivity contribution >= 4 is 17.5 Å². The van der Waals surface area contributed by atoms with Gasteiger partial charge in [-0.3, -0.25) is 9.59 Å². The molecule has 5 nitrogen and oxygen atoms in total. The van der Waals surface area contributed by atoms with Crippen molar-refractivity contribution < 1.29 is 9.59 Å². The molecule has 1 rings (SSSR count). The Morgan fingerprint density at radius 2 is 2.00 bits per heavy atom. The second kappa shape index (κ2) is 6.93. The number of carbonyl (C=O) groups is 2. The van der Waals surface area contributed by atoms with Crippen LogP contribution < -0.4 is 11.1 Å². The first-order chi connectivity index (χ1) is 9.32. The fraction of sp³-hybridized carbons (Fsp3) is 0.467. The SMILES string of the molecule is Cc1c(N)cccc1C(=O)N(C)CC(=O)NCC(C)C. The van der Waals surface area contributed by atoms with Crippen molar-refractivity contribution in [2.75, 3.05) is 25.9 Å². The lowest BCUT2D eigenvalue weighted by molar-refractivity contribution is -0.121. The molecular formula is C15H23N3O2. The van der Waals surface area contributed by atoms with E-state index in [1.54, 1.807) is 32.2 Å². The average Bonchev–Trinajstić information content (AvgIpc) is 2.38. The second-order valence-corrected chi connectivity index (χ2v) is 5.38. The second-order valence-electron chi connectivity index (χ2n) is 5.38. The normalized spacial score (nSPS) is 10.4. The van der Waals surface area contributed by atoms with Gasteiger partial charge in [-0.2, -0.15) is 0 Å². The summed E-state index contributed by atoms with van der Waals surface area (Å²) in [5.74, 6) is 0.0294. The summed E-state index contributed by atoms with van der Waals surface area (Å²) in [7, 11) is 1.61. The maximum absolute atomic E-state index is 12.3. The molecule has 0 fully saturated rings. The van der Waals surface area contributed by atoms with Crippen molar-refractivity contribution in [2.45, 2.75) is 20.8 Å². The molecule has 3 N–H and O–H groups in total. The molecule has 0 saturated heterocycles. The monoisotopic (exact) mass is 277 g/mol. The minimum absolute atomic E-state index is 0.0415. The van der Waals surface area contributed by atoms with E-state index in [0.717, 1.165) is 5.56 Å². The van der Waals surface area contributed by atoms with E-state index in [0.29, 0.717) is 23.7 Å². The molecule has 0 bridgehead atoms. The fourth-order valence-electron chi connectivity index (χ4n) is 1.75. The maximum Gasteiger partial charge on any atom is 0.254 e. The lowest BCUT2D eigenvalue weighted by Gasteiger charge is -2.19. The lowest BCUT2D eigenvalue weighted by Crippen LogP contribution is -2.39. The van der Waals surface area contributed by atoms with Gasteiger partial charge in [-0.25, -0.2) is 0 Å². The summed E-state index contributed by atoms with van der Waals surface area (Å²) in [6.07, 6.45) is 0. The number of nitrogen functional groups attached to an aromatic ring is 1. The first-order valence-electron chi connectivity index (χ1n) is 6.70. The van der Waals surface area contributed by atoms with E-state index in [2.05, 4.69) is 5.32 Å². The molecule has 0 aliphatic carbocycles. The average molecular weight is 277 g/mol. The number of nitrogens with two attached hydrogens (primary N) is 1. The van der Waals surface area contributed by atoms with Crippen molar-refractivity contribution in [1.82, 2.24) is 10.2 Å². The van der Waals surface area contributed by atoms with Crippen LogP contribution in [0, 0.1) is 12.8 Å². The zero-order chi connectivity index (χ0) is 15.3. The summed E-state index contributed by atoms with van der Waals surface area (Å²) in [4.78, 5) is 25.4. The van der Waals surface area contributed by atoms with Crippen molar-refractivity contribution in [2.24, 2.45) is 5.92 Å². The van der Waals surface area contributed by atoms with E-state index >= 15 is 0 Å². The number of benzene rings is 1. The van der Waals surface area contributed by atoms with Gasteiger partial charge >= 0.3 is 0 Å². The van der Waals surface area contributed by atoms with Crippen LogP contribution in [-0.4, -0.2) is 36.9 Å². The van der Waals surface area contributed by atoms with Gasteiger partial charge in [0.25, 0.3) is 5.91 Å². The molecule has 110 valence electrons. The highest BCUT2D eigenvalue weighted by atomic mass is 16.2. The molecule has 0 aliphatic heterocycles. The van der Waals surface area contributed by atoms with E-state index in [4.69, 9.17) is 5.73 Å². The highest BCUT2D eigenvalue weighted by Gasteiger charge is 2.17. The van der Waals surface area contributed by atoms with Gasteiger partial charge in [-0.15, -0.1) is 0 Å². The Labute approximate surface area is 120 Å². The molecule has 1 aromatic rings. The van der Waals surface area contributed by atoms with Crippen LogP contribution in [0.2, 0.25) is 0 Å². The molecule has 0 radical (unpaired) electrons. The van der Waals surface area contributed by atoms with Gasteiger partial charge in [0.15, 0.2) is 0 Å². The van der Waals surface area contributed by atoms with Crippen LogP contribution >= 0.6 is 0 Å². The van der Waals surface area contributed by atoms with E-state index in [-0.39, 0.29) is 18.4 Å². The van der Waals surface area contributed by atoms with Crippen molar-refractivity contribution in [3.63, 3.8) is 0 Å². The van der Waals surface area contributed by atoms with Gasteiger partial charge in [0.05, 0.1) is 6.54 Å². The molecular weight excluding hydrogens is 254 g/mol. The maximum atomic E-state index is 12.3. The Hall–Kier alpha value is -2.04. The fourth-order valence-corrected chi connectivity index (χ4v) is 1.75. The molecule has 1 aromatic carbocycles. The largest absolute Gasteiger partial charge is 0.398 e. The Morgan fingerprint density at radius 3 is 2.60 bits per heavy atom. The van der Waals surface area contributed by atoms with Crippen LogP contribution in [0.3, 0.4) is 0 Å². The Kier molecular flexibility index (Phi) is 5.55. The molecule has 0 aromatic heterocycles. The molecule has 0 unspecified atom stereocenters. The van der Waals surface area contributed by atoms with Gasteiger partial charge < -0.3 is 16.0 Å². The standard InChI is InChI=1S/C15H23N3O2/c1-10(2)8-17-14(19)9-18(4)15(20)12-6-5-7-13(16)11(12)3/h5-7,10H,8-9,16H2,1-4H3,(H,17,19). The Balaban J connectivity index is 2.67. The number of nitrogens with one attached hydrogen (secondary N) is 1. The number of carbonyl (C=O) groups excluding carboxylic acids is 2. The first-order valence-corrected chi connectivity index (χ1v) is 6.70. The number of anilines is 1. The Morgan fingerprint density at radius 1 is 1.35 bits per heavy atom. The molecule has 5 heteroatoms. The number of likely N-dealkylation sites (N-methyl/N-ethyl adjacent to an activating group) is 1. The molecule has 0 saturated carbocycles. The third kappa shape index (κ3) is 4.26. The summed E-state index contributed by atoms with van der Waals surface area (Å²) in [6.45, 7) is 6.49. The van der Waals surface area contributed by atoms with E-state index in [9.17, 15) is 9.59 Å². The summed E-state index contributed by atoms with van der Waals surface area (Å²) < 4.78 is 0. The van der Waals surface area contributed by atoms with Crippen LogP contribution in [0.25, 0.3) is 0 Å². The van der Waals surface area contributed by atoms with E-state index in [1.165, 1.54) is 4.90 Å². The molecule has 2 amide bonds. The number of amides is 2. The third-order valence-electron chi connectivity index (χ3n) is 3.04. The zero-order valence-electron chi connectivity index (χ0n) is 12.6. The summed E-state index contributed by atoms with van der Waals surface area (Å²) in [6, 6.07) is 5.21. The number of hydrogen-bond acceptors (Lipinski definition) is 3. The van der Waals surface area contributed by atoms with Gasteiger partial charge in [-0.05, 0) is 30.5 Å². The van der Waals surface area contributed by atoms with E-state index in [1.807, 2.05) is 13.8 Å².